The van der Waals surface area contributed by atoms with Crippen molar-refractivity contribution in [2.24, 2.45) is 5.92 Å². The quantitative estimate of drug-likeness (QED) is 0.485. The number of benzene rings is 2. The second-order valence-corrected chi connectivity index (χ2v) is 6.99. The highest BCUT2D eigenvalue weighted by Gasteiger charge is 2.34. The van der Waals surface area contributed by atoms with Crippen LogP contribution < -0.4 is 9.47 Å². The van der Waals surface area contributed by atoms with Crippen LogP contribution in [0.1, 0.15) is 25.3 Å². The zero-order valence-electron chi connectivity index (χ0n) is 16.0. The Morgan fingerprint density at radius 3 is 2.29 bits per heavy atom. The maximum atomic E-state index is 12.9. The van der Waals surface area contributed by atoms with E-state index < -0.39 is 4.92 Å². The third kappa shape index (κ3) is 5.00. The molecule has 1 aliphatic carbocycles. The summed E-state index contributed by atoms with van der Waals surface area (Å²) in [5, 5.41) is 10.7. The van der Waals surface area contributed by atoms with Gasteiger partial charge in [0.1, 0.15) is 11.5 Å². The molecule has 1 aliphatic rings. The van der Waals surface area contributed by atoms with Crippen molar-refractivity contribution in [1.29, 1.82) is 0 Å². The molecule has 0 saturated heterocycles. The van der Waals surface area contributed by atoms with Gasteiger partial charge in [0.15, 0.2) is 6.61 Å². The molecule has 0 radical (unpaired) electrons. The highest BCUT2D eigenvalue weighted by Crippen LogP contribution is 2.36. The van der Waals surface area contributed by atoms with Crippen LogP contribution in [0.5, 0.6) is 11.5 Å². The molecule has 1 unspecified atom stereocenters. The smallest absolute Gasteiger partial charge is 0.269 e. The van der Waals surface area contributed by atoms with Crippen LogP contribution in [-0.4, -0.2) is 35.5 Å². The Balaban J connectivity index is 1.64. The molecule has 0 aliphatic heterocycles. The summed E-state index contributed by atoms with van der Waals surface area (Å²) in [5.41, 5.74) is 1.01. The number of ether oxygens (including phenoxy) is 2. The molecule has 0 spiro atoms. The molecular formula is C21H24N2O5. The molecule has 148 valence electrons. The van der Waals surface area contributed by atoms with E-state index in [4.69, 9.17) is 9.47 Å². The predicted molar refractivity (Wildman–Crippen MR) is 104 cm³/mol. The Morgan fingerprint density at radius 1 is 1.14 bits per heavy atom. The molecule has 7 heteroatoms. The number of methoxy groups -OCH3 is 1. The van der Waals surface area contributed by atoms with Gasteiger partial charge in [-0.25, -0.2) is 0 Å². The fourth-order valence-corrected chi connectivity index (χ4v) is 3.11. The zero-order chi connectivity index (χ0) is 20.1. The summed E-state index contributed by atoms with van der Waals surface area (Å²) < 4.78 is 10.8. The van der Waals surface area contributed by atoms with Gasteiger partial charge < -0.3 is 14.4 Å². The number of hydrogen-bond acceptors (Lipinski definition) is 5. The van der Waals surface area contributed by atoms with Crippen LogP contribution in [-0.2, 0) is 11.3 Å². The van der Waals surface area contributed by atoms with Crippen molar-refractivity contribution < 1.29 is 19.2 Å². The van der Waals surface area contributed by atoms with Crippen molar-refractivity contribution in [2.75, 3.05) is 13.7 Å². The fourth-order valence-electron chi connectivity index (χ4n) is 3.11. The molecule has 1 fully saturated rings. The Labute approximate surface area is 164 Å². The fraction of sp³-hybridized carbons (Fsp3) is 0.381. The second-order valence-electron chi connectivity index (χ2n) is 6.99. The third-order valence-electron chi connectivity index (χ3n) is 5.04. The topological polar surface area (TPSA) is 81.9 Å². The standard InChI is InChI=1S/C21H24N2O5/c1-15(17-5-6-17)22(13-16-3-9-19(27-2)10-4-16)21(24)14-28-20-11-7-18(8-12-20)23(25)26/h3-4,7-12,15,17H,5-6,13-14H2,1-2H3. The largest absolute Gasteiger partial charge is 0.497 e. The predicted octanol–water partition coefficient (Wildman–Crippen LogP) is 3.81. The number of hydrogen-bond donors (Lipinski definition) is 0. The van der Waals surface area contributed by atoms with E-state index >= 15 is 0 Å². The number of rotatable bonds is 9. The van der Waals surface area contributed by atoms with Gasteiger partial charge >= 0.3 is 0 Å². The molecule has 0 heterocycles. The van der Waals surface area contributed by atoms with E-state index in [0.717, 1.165) is 24.2 Å². The molecule has 0 N–H and O–H groups in total. The Kier molecular flexibility index (Phi) is 6.13. The van der Waals surface area contributed by atoms with E-state index in [1.54, 1.807) is 7.11 Å². The van der Waals surface area contributed by atoms with Crippen LogP contribution in [0, 0.1) is 16.0 Å². The monoisotopic (exact) mass is 384 g/mol. The van der Waals surface area contributed by atoms with Gasteiger partial charge in [-0.05, 0) is 55.5 Å². The summed E-state index contributed by atoms with van der Waals surface area (Å²) in [5.74, 6) is 1.64. The van der Waals surface area contributed by atoms with Crippen LogP contribution in [0.2, 0.25) is 0 Å². The third-order valence-corrected chi connectivity index (χ3v) is 5.04. The molecular weight excluding hydrogens is 360 g/mol. The molecule has 2 aromatic rings. The summed E-state index contributed by atoms with van der Waals surface area (Å²) in [6.07, 6.45) is 2.27. The van der Waals surface area contributed by atoms with E-state index in [1.165, 1.54) is 24.3 Å². The van der Waals surface area contributed by atoms with Gasteiger partial charge in [0.2, 0.25) is 0 Å². The van der Waals surface area contributed by atoms with Crippen LogP contribution in [0.25, 0.3) is 0 Å². The van der Waals surface area contributed by atoms with Gasteiger partial charge in [0.25, 0.3) is 11.6 Å². The van der Waals surface area contributed by atoms with Gasteiger partial charge in [0, 0.05) is 24.7 Å². The van der Waals surface area contributed by atoms with Gasteiger partial charge in [0.05, 0.1) is 12.0 Å². The van der Waals surface area contributed by atoms with Crippen molar-refractivity contribution in [2.45, 2.75) is 32.4 Å². The van der Waals surface area contributed by atoms with E-state index in [-0.39, 0.29) is 24.2 Å². The Morgan fingerprint density at radius 2 is 1.75 bits per heavy atom. The first-order chi connectivity index (χ1) is 13.5. The van der Waals surface area contributed by atoms with E-state index in [2.05, 4.69) is 6.92 Å². The second kappa shape index (κ2) is 8.73. The molecule has 1 atom stereocenters. The minimum absolute atomic E-state index is 0.0119. The molecule has 28 heavy (non-hydrogen) atoms. The summed E-state index contributed by atoms with van der Waals surface area (Å²) in [6, 6.07) is 13.5. The minimum atomic E-state index is -0.469. The Hall–Kier alpha value is -3.09. The van der Waals surface area contributed by atoms with Crippen molar-refractivity contribution in [3.05, 3.63) is 64.2 Å². The lowest BCUT2D eigenvalue weighted by atomic mass is 10.1. The number of nitro benzene ring substituents is 1. The molecule has 1 amide bonds. The zero-order valence-corrected chi connectivity index (χ0v) is 16.0. The number of nitrogens with zero attached hydrogens (tertiary/aromatic N) is 2. The van der Waals surface area contributed by atoms with Crippen molar-refractivity contribution >= 4 is 11.6 Å². The average molecular weight is 384 g/mol. The normalized spacial score (nSPS) is 14.2. The molecule has 0 bridgehead atoms. The SMILES string of the molecule is COc1ccc(CN(C(=O)COc2ccc([N+](=O)[O-])cc2)C(C)C2CC2)cc1. The summed E-state index contributed by atoms with van der Waals surface area (Å²) in [4.78, 5) is 25.0. The molecule has 3 rings (SSSR count). The number of carbonyl (C=O) groups is 1. The van der Waals surface area contributed by atoms with E-state index in [9.17, 15) is 14.9 Å². The Bertz CT molecular complexity index is 816. The lowest BCUT2D eigenvalue weighted by molar-refractivity contribution is -0.384. The molecule has 7 nitrogen and oxygen atoms in total. The number of amides is 1. The first-order valence-electron chi connectivity index (χ1n) is 9.27. The average Bonchev–Trinajstić information content (AvgIpc) is 3.56. The van der Waals surface area contributed by atoms with Gasteiger partial charge in [-0.15, -0.1) is 0 Å². The van der Waals surface area contributed by atoms with E-state index in [0.29, 0.717) is 18.2 Å². The highest BCUT2D eigenvalue weighted by molar-refractivity contribution is 5.78. The van der Waals surface area contributed by atoms with Crippen LogP contribution in [0.3, 0.4) is 0 Å². The van der Waals surface area contributed by atoms with Gasteiger partial charge in [-0.3, -0.25) is 14.9 Å². The van der Waals surface area contributed by atoms with Gasteiger partial charge in [-0.1, -0.05) is 12.1 Å². The first-order valence-corrected chi connectivity index (χ1v) is 9.27. The maximum Gasteiger partial charge on any atom is 0.269 e. The van der Waals surface area contributed by atoms with Crippen molar-refractivity contribution in [1.82, 2.24) is 4.90 Å². The van der Waals surface area contributed by atoms with Crippen LogP contribution in [0.15, 0.2) is 48.5 Å². The highest BCUT2D eigenvalue weighted by atomic mass is 16.6. The first kappa shape index (κ1) is 19.7. The number of nitro groups is 1. The van der Waals surface area contributed by atoms with Gasteiger partial charge in [-0.2, -0.15) is 0 Å². The lowest BCUT2D eigenvalue weighted by Crippen LogP contribution is -2.42. The number of non-ortho nitro benzene ring substituents is 1. The summed E-state index contributed by atoms with van der Waals surface area (Å²) in [7, 11) is 1.62. The summed E-state index contributed by atoms with van der Waals surface area (Å²) in [6.45, 7) is 2.47. The maximum absolute atomic E-state index is 12.9. The van der Waals surface area contributed by atoms with E-state index in [1.807, 2.05) is 29.2 Å². The van der Waals surface area contributed by atoms with Crippen molar-refractivity contribution in [3.63, 3.8) is 0 Å². The molecule has 1 saturated carbocycles. The molecule has 2 aromatic carbocycles. The van der Waals surface area contributed by atoms with Crippen LogP contribution in [0.4, 0.5) is 5.69 Å². The minimum Gasteiger partial charge on any atom is -0.497 e. The van der Waals surface area contributed by atoms with Crippen LogP contribution >= 0.6 is 0 Å². The summed E-state index contributed by atoms with van der Waals surface area (Å²) >= 11 is 0. The van der Waals surface area contributed by atoms with Crippen molar-refractivity contribution in [3.8, 4) is 11.5 Å². The number of carbonyl (C=O) groups excluding carboxylic acids is 1. The molecule has 0 aromatic heterocycles. The lowest BCUT2D eigenvalue weighted by Gasteiger charge is -2.29.